The molecule has 2 atom stereocenters. The molecule has 1 N–H and O–H groups in total. The highest BCUT2D eigenvalue weighted by Gasteiger charge is 2.47. The molecule has 1 aliphatic carbocycles. The molecule has 2 unspecified atom stereocenters. The van der Waals surface area contributed by atoms with Gasteiger partial charge in [0.25, 0.3) is 0 Å². The Balaban J connectivity index is 2.12. The van der Waals surface area contributed by atoms with Crippen LogP contribution >= 0.6 is 0 Å². The molecule has 132 valence electrons. The molecule has 24 heavy (non-hydrogen) atoms. The van der Waals surface area contributed by atoms with Crippen LogP contribution in [0.4, 0.5) is 0 Å². The van der Waals surface area contributed by atoms with Gasteiger partial charge in [0.1, 0.15) is 18.0 Å². The summed E-state index contributed by atoms with van der Waals surface area (Å²) in [5, 5.41) is 9.00. The van der Waals surface area contributed by atoms with E-state index in [4.69, 9.17) is 19.3 Å². The van der Waals surface area contributed by atoms with Crippen LogP contribution in [0.15, 0.2) is 18.2 Å². The lowest BCUT2D eigenvalue weighted by molar-refractivity contribution is -0.145. The molecule has 1 fully saturated rings. The number of carbonyl (C=O) groups excluding carboxylic acids is 1. The first-order chi connectivity index (χ1) is 11.5. The van der Waals surface area contributed by atoms with Crippen molar-refractivity contribution < 1.29 is 28.9 Å². The number of carboxylic acids is 1. The number of nitrogens with zero attached hydrogens (tertiary/aromatic N) is 1. The van der Waals surface area contributed by atoms with Gasteiger partial charge in [0.2, 0.25) is 5.91 Å². The number of carboxylic acid groups (broad SMARTS) is 1. The highest BCUT2D eigenvalue weighted by molar-refractivity contribution is 5.86. The second kappa shape index (κ2) is 8.01. The van der Waals surface area contributed by atoms with Gasteiger partial charge < -0.3 is 24.2 Å². The maximum Gasteiger partial charge on any atom is 0.323 e. The molecule has 0 radical (unpaired) electrons. The van der Waals surface area contributed by atoms with Crippen LogP contribution in [0.1, 0.15) is 17.9 Å². The molecule has 0 saturated heterocycles. The lowest BCUT2D eigenvalue weighted by Gasteiger charge is -2.20. The van der Waals surface area contributed by atoms with Crippen molar-refractivity contribution in [2.24, 2.45) is 5.92 Å². The number of carbonyl (C=O) groups is 2. The van der Waals surface area contributed by atoms with Crippen LogP contribution in [0.3, 0.4) is 0 Å². The van der Waals surface area contributed by atoms with Gasteiger partial charge in [0.15, 0.2) is 0 Å². The topological polar surface area (TPSA) is 85.3 Å². The van der Waals surface area contributed by atoms with Crippen LogP contribution in [-0.4, -0.2) is 62.9 Å². The summed E-state index contributed by atoms with van der Waals surface area (Å²) in [6.07, 6.45) is 0.672. The number of amides is 1. The van der Waals surface area contributed by atoms with Gasteiger partial charge in [0, 0.05) is 31.1 Å². The van der Waals surface area contributed by atoms with Gasteiger partial charge in [-0.3, -0.25) is 9.59 Å². The molecule has 7 nitrogen and oxygen atoms in total. The Hall–Kier alpha value is -2.28. The number of hydrogen-bond donors (Lipinski definition) is 1. The van der Waals surface area contributed by atoms with Crippen molar-refractivity contribution in [3.8, 4) is 11.5 Å². The Morgan fingerprint density at radius 3 is 2.58 bits per heavy atom. The van der Waals surface area contributed by atoms with E-state index in [1.54, 1.807) is 20.3 Å². The number of rotatable bonds is 9. The van der Waals surface area contributed by atoms with E-state index in [-0.39, 0.29) is 30.8 Å². The van der Waals surface area contributed by atoms with E-state index in [1.807, 2.05) is 12.1 Å². The van der Waals surface area contributed by atoms with Crippen LogP contribution < -0.4 is 9.47 Å². The average molecular weight is 337 g/mol. The number of ether oxygens (including phenoxy) is 3. The standard InChI is InChI=1S/C17H23NO6/c1-22-7-6-18(10-16(19)20)17(21)14-9-12(14)13-8-11(23-2)4-5-15(13)24-3/h4-5,8,12,14H,6-7,9-10H2,1-3H3,(H,19,20). The van der Waals surface area contributed by atoms with Gasteiger partial charge in [-0.2, -0.15) is 0 Å². The predicted octanol–water partition coefficient (Wildman–Crippen LogP) is 1.37. The first kappa shape index (κ1) is 18.1. The number of hydrogen-bond acceptors (Lipinski definition) is 5. The van der Waals surface area contributed by atoms with Crippen LogP contribution in [-0.2, 0) is 14.3 Å². The maximum absolute atomic E-state index is 12.6. The minimum absolute atomic E-state index is 0.0152. The van der Waals surface area contributed by atoms with Crippen molar-refractivity contribution in [3.63, 3.8) is 0 Å². The summed E-state index contributed by atoms with van der Waals surface area (Å²) >= 11 is 0. The highest BCUT2D eigenvalue weighted by Crippen LogP contribution is 2.52. The molecule has 0 heterocycles. The zero-order chi connectivity index (χ0) is 17.7. The van der Waals surface area contributed by atoms with Crippen LogP contribution in [0.2, 0.25) is 0 Å². The van der Waals surface area contributed by atoms with Crippen molar-refractivity contribution in [1.29, 1.82) is 0 Å². The van der Waals surface area contributed by atoms with E-state index in [1.165, 1.54) is 12.0 Å². The summed E-state index contributed by atoms with van der Waals surface area (Å²) in [5.41, 5.74) is 0.914. The molecule has 7 heteroatoms. The third-order valence-corrected chi connectivity index (χ3v) is 4.15. The van der Waals surface area contributed by atoms with E-state index >= 15 is 0 Å². The Morgan fingerprint density at radius 1 is 1.25 bits per heavy atom. The van der Waals surface area contributed by atoms with Crippen LogP contribution in [0.25, 0.3) is 0 Å². The molecule has 2 rings (SSSR count). The normalized spacial score (nSPS) is 18.8. The number of benzene rings is 1. The fraction of sp³-hybridized carbons (Fsp3) is 0.529. The first-order valence-electron chi connectivity index (χ1n) is 7.73. The summed E-state index contributed by atoms with van der Waals surface area (Å²) in [6, 6.07) is 5.48. The number of methoxy groups -OCH3 is 3. The van der Waals surface area contributed by atoms with Gasteiger partial charge in [-0.05, 0) is 24.6 Å². The molecular formula is C17H23NO6. The molecule has 0 aliphatic heterocycles. The number of aliphatic carboxylic acids is 1. The summed E-state index contributed by atoms with van der Waals surface area (Å²) < 4.78 is 15.6. The van der Waals surface area contributed by atoms with Crippen molar-refractivity contribution in [2.75, 3.05) is 41.0 Å². The monoisotopic (exact) mass is 337 g/mol. The highest BCUT2D eigenvalue weighted by atomic mass is 16.5. The lowest BCUT2D eigenvalue weighted by Crippen LogP contribution is -2.39. The lowest BCUT2D eigenvalue weighted by atomic mass is 10.1. The Labute approximate surface area is 141 Å². The molecule has 1 saturated carbocycles. The Morgan fingerprint density at radius 2 is 2.00 bits per heavy atom. The van der Waals surface area contributed by atoms with E-state index < -0.39 is 5.97 Å². The van der Waals surface area contributed by atoms with Crippen LogP contribution in [0, 0.1) is 5.92 Å². The molecule has 0 spiro atoms. The third-order valence-electron chi connectivity index (χ3n) is 4.15. The SMILES string of the molecule is COCCN(CC(=O)O)C(=O)C1CC1c1cc(OC)ccc1OC. The molecule has 1 aliphatic rings. The summed E-state index contributed by atoms with van der Waals surface area (Å²) in [4.78, 5) is 24.9. The maximum atomic E-state index is 12.6. The quantitative estimate of drug-likeness (QED) is 0.732. The van der Waals surface area contributed by atoms with E-state index in [0.717, 1.165) is 5.56 Å². The van der Waals surface area contributed by atoms with E-state index in [9.17, 15) is 9.59 Å². The molecule has 0 aromatic heterocycles. The minimum Gasteiger partial charge on any atom is -0.497 e. The molecule has 1 aromatic carbocycles. The van der Waals surface area contributed by atoms with Crippen molar-refractivity contribution in [3.05, 3.63) is 23.8 Å². The average Bonchev–Trinajstić information content (AvgIpc) is 3.37. The van der Waals surface area contributed by atoms with Crippen LogP contribution in [0.5, 0.6) is 11.5 Å². The van der Waals surface area contributed by atoms with E-state index in [0.29, 0.717) is 24.5 Å². The summed E-state index contributed by atoms with van der Waals surface area (Å²) in [7, 11) is 4.69. The van der Waals surface area contributed by atoms with Gasteiger partial charge in [0.05, 0.1) is 20.8 Å². The minimum atomic E-state index is -1.03. The third kappa shape index (κ3) is 4.17. The van der Waals surface area contributed by atoms with Gasteiger partial charge >= 0.3 is 5.97 Å². The Kier molecular flexibility index (Phi) is 6.03. The summed E-state index contributed by atoms with van der Waals surface area (Å²) in [5.74, 6) is -0.00742. The molecule has 1 amide bonds. The zero-order valence-corrected chi connectivity index (χ0v) is 14.2. The van der Waals surface area contributed by atoms with Crippen molar-refractivity contribution in [2.45, 2.75) is 12.3 Å². The zero-order valence-electron chi connectivity index (χ0n) is 14.2. The van der Waals surface area contributed by atoms with Crippen molar-refractivity contribution >= 4 is 11.9 Å². The van der Waals surface area contributed by atoms with Gasteiger partial charge in [-0.1, -0.05) is 0 Å². The second-order valence-corrected chi connectivity index (χ2v) is 5.70. The summed E-state index contributed by atoms with van der Waals surface area (Å²) in [6.45, 7) is 0.250. The fourth-order valence-corrected chi connectivity index (χ4v) is 2.81. The predicted molar refractivity (Wildman–Crippen MR) is 86.5 cm³/mol. The Bertz CT molecular complexity index is 603. The first-order valence-corrected chi connectivity index (χ1v) is 7.73. The molecule has 1 aromatic rings. The van der Waals surface area contributed by atoms with E-state index in [2.05, 4.69) is 0 Å². The largest absolute Gasteiger partial charge is 0.497 e. The molecular weight excluding hydrogens is 314 g/mol. The smallest absolute Gasteiger partial charge is 0.323 e. The van der Waals surface area contributed by atoms with Gasteiger partial charge in [-0.15, -0.1) is 0 Å². The fourth-order valence-electron chi connectivity index (χ4n) is 2.81. The molecule has 0 bridgehead atoms. The van der Waals surface area contributed by atoms with Gasteiger partial charge in [-0.25, -0.2) is 0 Å². The second-order valence-electron chi connectivity index (χ2n) is 5.70. The van der Waals surface area contributed by atoms with Crippen molar-refractivity contribution in [1.82, 2.24) is 4.90 Å².